The standard InChI is InChI=1S/C18H20N4O5S2/c1-12-6-7-16(28-12)29(24,25)22-8-2-4-13(11-22)17(23)19-10-15-20-18(27-21-15)14-5-3-9-26-14/h3,5-7,9,13H,2,4,8,10-11H2,1H3,(H,19,23)/t13-/m1/s1. The van der Waals surface area contributed by atoms with Gasteiger partial charge in [0.2, 0.25) is 5.91 Å². The van der Waals surface area contributed by atoms with Crippen molar-refractivity contribution >= 4 is 27.3 Å². The molecule has 29 heavy (non-hydrogen) atoms. The van der Waals surface area contributed by atoms with Crippen molar-refractivity contribution in [2.24, 2.45) is 5.92 Å². The van der Waals surface area contributed by atoms with Gasteiger partial charge in [-0.05, 0) is 44.0 Å². The molecule has 1 aliphatic rings. The maximum atomic E-state index is 12.8. The number of nitrogens with zero attached hydrogens (tertiary/aromatic N) is 3. The van der Waals surface area contributed by atoms with Crippen molar-refractivity contribution in [1.82, 2.24) is 19.8 Å². The third kappa shape index (κ3) is 4.26. The lowest BCUT2D eigenvalue weighted by Crippen LogP contribution is -2.45. The number of carbonyl (C=O) groups excluding carboxylic acids is 1. The molecule has 0 aromatic carbocycles. The summed E-state index contributed by atoms with van der Waals surface area (Å²) in [5.74, 6) is 0.360. The quantitative estimate of drug-likeness (QED) is 0.630. The van der Waals surface area contributed by atoms with Gasteiger partial charge in [0.15, 0.2) is 11.6 Å². The van der Waals surface area contributed by atoms with Gasteiger partial charge < -0.3 is 14.3 Å². The number of aromatic nitrogens is 2. The Morgan fingerprint density at radius 3 is 2.97 bits per heavy atom. The second-order valence-corrected chi connectivity index (χ2v) is 10.2. The third-order valence-electron chi connectivity index (χ3n) is 4.69. The van der Waals surface area contributed by atoms with Gasteiger partial charge in [-0.1, -0.05) is 5.16 Å². The van der Waals surface area contributed by atoms with Crippen molar-refractivity contribution in [3.05, 3.63) is 41.2 Å². The predicted molar refractivity (Wildman–Crippen MR) is 104 cm³/mol. The summed E-state index contributed by atoms with van der Waals surface area (Å²) >= 11 is 1.24. The summed E-state index contributed by atoms with van der Waals surface area (Å²) in [6.45, 7) is 2.54. The molecule has 3 aromatic heterocycles. The number of rotatable bonds is 6. The van der Waals surface area contributed by atoms with Crippen LogP contribution in [0.1, 0.15) is 23.5 Å². The highest BCUT2D eigenvalue weighted by Crippen LogP contribution is 2.28. The van der Waals surface area contributed by atoms with Gasteiger partial charge in [-0.2, -0.15) is 9.29 Å². The molecule has 0 aliphatic carbocycles. The van der Waals surface area contributed by atoms with Crippen molar-refractivity contribution in [3.63, 3.8) is 0 Å². The molecule has 4 rings (SSSR count). The van der Waals surface area contributed by atoms with Gasteiger partial charge in [0.25, 0.3) is 15.9 Å². The smallest absolute Gasteiger partial charge is 0.293 e. The Hall–Kier alpha value is -2.50. The molecule has 4 heterocycles. The van der Waals surface area contributed by atoms with Crippen LogP contribution in [0, 0.1) is 12.8 Å². The van der Waals surface area contributed by atoms with Crippen LogP contribution < -0.4 is 5.32 Å². The summed E-state index contributed by atoms with van der Waals surface area (Å²) in [6.07, 6.45) is 2.76. The zero-order valence-corrected chi connectivity index (χ0v) is 17.3. The maximum absolute atomic E-state index is 12.8. The highest BCUT2D eigenvalue weighted by atomic mass is 32.2. The average Bonchev–Trinajstić information content (AvgIpc) is 3.47. The van der Waals surface area contributed by atoms with E-state index < -0.39 is 15.9 Å². The number of nitrogens with one attached hydrogen (secondary N) is 1. The van der Waals surface area contributed by atoms with Crippen LogP contribution in [0.25, 0.3) is 11.7 Å². The average molecular weight is 437 g/mol. The fraction of sp³-hybridized carbons (Fsp3) is 0.389. The van der Waals surface area contributed by atoms with E-state index in [1.165, 1.54) is 21.9 Å². The summed E-state index contributed by atoms with van der Waals surface area (Å²) in [7, 11) is -3.57. The summed E-state index contributed by atoms with van der Waals surface area (Å²) in [5, 5.41) is 6.59. The van der Waals surface area contributed by atoms with Crippen LogP contribution in [0.3, 0.4) is 0 Å². The lowest BCUT2D eigenvalue weighted by Gasteiger charge is -2.30. The van der Waals surface area contributed by atoms with Crippen molar-refractivity contribution in [1.29, 1.82) is 0 Å². The van der Waals surface area contributed by atoms with E-state index in [-0.39, 0.29) is 24.9 Å². The number of sulfonamides is 1. The number of carbonyl (C=O) groups is 1. The van der Waals surface area contributed by atoms with Crippen molar-refractivity contribution < 1.29 is 22.2 Å². The first-order valence-electron chi connectivity index (χ1n) is 9.14. The monoisotopic (exact) mass is 436 g/mol. The lowest BCUT2D eigenvalue weighted by molar-refractivity contribution is -0.126. The van der Waals surface area contributed by atoms with E-state index in [9.17, 15) is 13.2 Å². The van der Waals surface area contributed by atoms with Crippen molar-refractivity contribution in [3.8, 4) is 11.7 Å². The third-order valence-corrected chi connectivity index (χ3v) is 8.02. The number of hydrogen-bond donors (Lipinski definition) is 1. The van der Waals surface area contributed by atoms with Crippen molar-refractivity contribution in [2.45, 2.75) is 30.5 Å². The number of thiophene rings is 1. The first kappa shape index (κ1) is 19.8. The summed E-state index contributed by atoms with van der Waals surface area (Å²) in [5.41, 5.74) is 0. The fourth-order valence-electron chi connectivity index (χ4n) is 3.19. The Bertz CT molecular complexity index is 1090. The first-order valence-corrected chi connectivity index (χ1v) is 11.4. The molecule has 0 bridgehead atoms. The normalized spacial score (nSPS) is 18.0. The zero-order valence-electron chi connectivity index (χ0n) is 15.7. The zero-order chi connectivity index (χ0) is 20.4. The molecule has 9 nitrogen and oxygen atoms in total. The SMILES string of the molecule is Cc1ccc(S(=O)(=O)N2CCC[C@@H](C(=O)NCc3noc(-c4ccco4)n3)C2)s1. The fourth-order valence-corrected chi connectivity index (χ4v) is 6.15. The summed E-state index contributed by atoms with van der Waals surface area (Å²) < 4.78 is 37.7. The van der Waals surface area contributed by atoms with Gasteiger partial charge in [0.05, 0.1) is 18.7 Å². The molecule has 154 valence electrons. The molecule has 11 heteroatoms. The van der Waals surface area contributed by atoms with E-state index in [0.717, 1.165) is 4.88 Å². The van der Waals surface area contributed by atoms with Gasteiger partial charge >= 0.3 is 0 Å². The Labute approximate surface area is 171 Å². The molecule has 1 N–H and O–H groups in total. The van der Waals surface area contributed by atoms with Crippen LogP contribution in [0.2, 0.25) is 0 Å². The predicted octanol–water partition coefficient (Wildman–Crippen LogP) is 2.42. The topological polar surface area (TPSA) is 119 Å². The van der Waals surface area contributed by atoms with Gasteiger partial charge in [-0.15, -0.1) is 11.3 Å². The van der Waals surface area contributed by atoms with Gasteiger partial charge in [0.1, 0.15) is 4.21 Å². The van der Waals surface area contributed by atoms with Crippen LogP contribution in [0.15, 0.2) is 43.7 Å². The van der Waals surface area contributed by atoms with Crippen LogP contribution in [-0.2, 0) is 21.4 Å². The lowest BCUT2D eigenvalue weighted by atomic mass is 9.99. The summed E-state index contributed by atoms with van der Waals surface area (Å²) in [4.78, 5) is 17.7. The van der Waals surface area contributed by atoms with Crippen LogP contribution >= 0.6 is 11.3 Å². The molecule has 3 aromatic rings. The molecule has 0 spiro atoms. The van der Waals surface area contributed by atoms with E-state index in [2.05, 4.69) is 15.5 Å². The molecular weight excluding hydrogens is 416 g/mol. The van der Waals surface area contributed by atoms with Gasteiger partial charge in [0, 0.05) is 18.0 Å². The van der Waals surface area contributed by atoms with E-state index in [1.54, 1.807) is 24.3 Å². The highest BCUT2D eigenvalue weighted by molar-refractivity contribution is 7.91. The highest BCUT2D eigenvalue weighted by Gasteiger charge is 2.34. The summed E-state index contributed by atoms with van der Waals surface area (Å²) in [6, 6.07) is 6.81. The number of piperidine rings is 1. The molecule has 0 saturated carbocycles. The molecule has 1 fully saturated rings. The maximum Gasteiger partial charge on any atom is 0.293 e. The second-order valence-electron chi connectivity index (χ2n) is 6.78. The first-order chi connectivity index (χ1) is 13.9. The van der Waals surface area contributed by atoms with Crippen LogP contribution in [-0.4, -0.2) is 41.9 Å². The minimum absolute atomic E-state index is 0.0937. The largest absolute Gasteiger partial charge is 0.459 e. The number of hydrogen-bond acceptors (Lipinski definition) is 8. The Morgan fingerprint density at radius 1 is 1.38 bits per heavy atom. The van der Waals surface area contributed by atoms with Crippen LogP contribution in [0.4, 0.5) is 0 Å². The Balaban J connectivity index is 1.36. The van der Waals surface area contributed by atoms with Crippen molar-refractivity contribution in [2.75, 3.05) is 13.1 Å². The molecule has 1 aliphatic heterocycles. The van der Waals surface area contributed by atoms with Gasteiger partial charge in [-0.3, -0.25) is 4.79 Å². The number of amides is 1. The molecule has 1 saturated heterocycles. The van der Waals surface area contributed by atoms with E-state index in [1.807, 2.05) is 6.92 Å². The number of furan rings is 1. The second kappa shape index (κ2) is 8.09. The minimum Gasteiger partial charge on any atom is -0.459 e. The number of aryl methyl sites for hydroxylation is 1. The molecule has 1 amide bonds. The minimum atomic E-state index is -3.57. The van der Waals surface area contributed by atoms with Crippen LogP contribution in [0.5, 0.6) is 0 Å². The molecule has 0 radical (unpaired) electrons. The Kier molecular flexibility index (Phi) is 5.52. The van der Waals surface area contributed by atoms with Gasteiger partial charge in [-0.25, -0.2) is 8.42 Å². The molecular formula is C18H20N4O5S2. The van der Waals surface area contributed by atoms with E-state index in [4.69, 9.17) is 8.94 Å². The molecule has 1 atom stereocenters. The Morgan fingerprint density at radius 2 is 2.24 bits per heavy atom. The molecule has 0 unspecified atom stereocenters. The van der Waals surface area contributed by atoms with E-state index in [0.29, 0.717) is 35.2 Å². The van der Waals surface area contributed by atoms with E-state index >= 15 is 0 Å².